The molecular formula is C27H25N5O3S. The van der Waals surface area contributed by atoms with Crippen molar-refractivity contribution in [3.05, 3.63) is 87.4 Å². The van der Waals surface area contributed by atoms with Crippen LogP contribution in [0, 0.1) is 13.8 Å². The molecule has 0 aliphatic rings. The first-order valence-electron chi connectivity index (χ1n) is 11.5. The van der Waals surface area contributed by atoms with Gasteiger partial charge >= 0.3 is 0 Å². The molecule has 1 amide bonds. The Balaban J connectivity index is 1.45. The third-order valence-electron chi connectivity index (χ3n) is 6.01. The lowest BCUT2D eigenvalue weighted by molar-refractivity contribution is 0.100. The van der Waals surface area contributed by atoms with Crippen LogP contribution in [0.3, 0.4) is 0 Å². The fraction of sp³-hybridized carbons (Fsp3) is 0.185. The van der Waals surface area contributed by atoms with Gasteiger partial charge < -0.3 is 4.74 Å². The molecule has 0 unspecified atom stereocenters. The van der Waals surface area contributed by atoms with Crippen molar-refractivity contribution in [3.8, 4) is 27.6 Å². The number of ether oxygens (including phenoxy) is 1. The summed E-state index contributed by atoms with van der Waals surface area (Å²) < 4.78 is 8.45. The smallest absolute Gasteiger partial charge is 0.291 e. The Hall–Kier alpha value is -4.24. The van der Waals surface area contributed by atoms with Crippen LogP contribution in [0.15, 0.2) is 64.8 Å². The van der Waals surface area contributed by atoms with Crippen molar-refractivity contribution in [2.24, 2.45) is 7.05 Å². The van der Waals surface area contributed by atoms with Crippen LogP contribution in [0.25, 0.3) is 32.6 Å². The number of carbonyl (C=O) groups is 1. The molecule has 0 radical (unpaired) electrons. The molecule has 1 N–H and O–H groups in total. The van der Waals surface area contributed by atoms with Crippen molar-refractivity contribution in [2.45, 2.75) is 20.8 Å². The van der Waals surface area contributed by atoms with Crippen molar-refractivity contribution in [3.63, 3.8) is 0 Å². The van der Waals surface area contributed by atoms with Crippen LogP contribution in [-0.4, -0.2) is 32.0 Å². The van der Waals surface area contributed by atoms with Gasteiger partial charge in [0.25, 0.3) is 11.5 Å². The zero-order valence-corrected chi connectivity index (χ0v) is 21.2. The summed E-state index contributed by atoms with van der Waals surface area (Å²) in [5.74, 6) is 0.432. The highest BCUT2D eigenvalue weighted by Crippen LogP contribution is 2.32. The molecule has 0 bridgehead atoms. The monoisotopic (exact) mass is 499 g/mol. The quantitative estimate of drug-likeness (QED) is 0.358. The average molecular weight is 500 g/mol. The SMILES string of the molecule is CCOc1ccc(-c2nc(-c3cc(C)n(NC(=O)c4nn(C)c(=O)c5ccccc45)c3C)cs2)cc1. The Morgan fingerprint density at radius 2 is 1.81 bits per heavy atom. The highest BCUT2D eigenvalue weighted by molar-refractivity contribution is 7.13. The van der Waals surface area contributed by atoms with Gasteiger partial charge in [0.1, 0.15) is 10.8 Å². The fourth-order valence-electron chi connectivity index (χ4n) is 4.21. The summed E-state index contributed by atoms with van der Waals surface area (Å²) >= 11 is 1.56. The van der Waals surface area contributed by atoms with E-state index in [-0.39, 0.29) is 11.3 Å². The Morgan fingerprint density at radius 1 is 1.08 bits per heavy atom. The number of carbonyl (C=O) groups excluding carboxylic acids is 1. The number of amides is 1. The predicted octanol–water partition coefficient (Wildman–Crippen LogP) is 4.92. The number of rotatable bonds is 6. The summed E-state index contributed by atoms with van der Waals surface area (Å²) in [4.78, 5) is 30.5. The topological polar surface area (TPSA) is 91.0 Å². The van der Waals surface area contributed by atoms with E-state index in [9.17, 15) is 9.59 Å². The molecule has 8 nitrogen and oxygen atoms in total. The molecule has 0 atom stereocenters. The summed E-state index contributed by atoms with van der Waals surface area (Å²) in [5, 5.41) is 8.12. The maximum Gasteiger partial charge on any atom is 0.291 e. The maximum atomic E-state index is 13.3. The second kappa shape index (κ2) is 9.43. The van der Waals surface area contributed by atoms with Gasteiger partial charge in [0, 0.05) is 40.3 Å². The van der Waals surface area contributed by atoms with Crippen LogP contribution < -0.4 is 15.7 Å². The molecule has 0 aliphatic carbocycles. The molecule has 2 aromatic carbocycles. The third-order valence-corrected chi connectivity index (χ3v) is 6.90. The van der Waals surface area contributed by atoms with Crippen molar-refractivity contribution < 1.29 is 9.53 Å². The number of hydrogen-bond acceptors (Lipinski definition) is 6. The van der Waals surface area contributed by atoms with Gasteiger partial charge in [-0.2, -0.15) is 5.10 Å². The van der Waals surface area contributed by atoms with E-state index in [2.05, 4.69) is 10.5 Å². The first-order valence-corrected chi connectivity index (χ1v) is 12.4. The summed E-state index contributed by atoms with van der Waals surface area (Å²) in [5.41, 5.74) is 7.36. The number of nitrogens with zero attached hydrogens (tertiary/aromatic N) is 4. The zero-order valence-electron chi connectivity index (χ0n) is 20.4. The van der Waals surface area contributed by atoms with Crippen LogP contribution in [0.2, 0.25) is 0 Å². The number of benzene rings is 2. The van der Waals surface area contributed by atoms with Crippen LogP contribution in [0.5, 0.6) is 5.75 Å². The molecule has 3 heterocycles. The van der Waals surface area contributed by atoms with E-state index in [1.54, 1.807) is 47.3 Å². The Kier molecular flexibility index (Phi) is 6.15. The molecule has 0 saturated carbocycles. The van der Waals surface area contributed by atoms with Crippen molar-refractivity contribution >= 4 is 28.0 Å². The van der Waals surface area contributed by atoms with Crippen molar-refractivity contribution in [1.29, 1.82) is 0 Å². The van der Waals surface area contributed by atoms with Gasteiger partial charge in [-0.3, -0.25) is 19.7 Å². The third kappa shape index (κ3) is 4.18. The second-order valence-electron chi connectivity index (χ2n) is 8.38. The van der Waals surface area contributed by atoms with Crippen LogP contribution in [-0.2, 0) is 7.05 Å². The van der Waals surface area contributed by atoms with E-state index in [4.69, 9.17) is 9.72 Å². The van der Waals surface area contributed by atoms with E-state index in [1.165, 1.54) is 4.68 Å². The van der Waals surface area contributed by atoms with E-state index in [0.717, 1.165) is 39.0 Å². The average Bonchev–Trinajstić information content (AvgIpc) is 3.47. The highest BCUT2D eigenvalue weighted by Gasteiger charge is 2.20. The first-order chi connectivity index (χ1) is 17.4. The molecule has 0 spiro atoms. The lowest BCUT2D eigenvalue weighted by atomic mass is 10.1. The van der Waals surface area contributed by atoms with Crippen molar-refractivity contribution in [2.75, 3.05) is 12.0 Å². The van der Waals surface area contributed by atoms with Gasteiger partial charge in [-0.05, 0) is 57.2 Å². The fourth-order valence-corrected chi connectivity index (χ4v) is 5.03. The van der Waals surface area contributed by atoms with Gasteiger partial charge in [0.15, 0.2) is 5.69 Å². The second-order valence-corrected chi connectivity index (χ2v) is 9.24. The highest BCUT2D eigenvalue weighted by atomic mass is 32.1. The number of hydrogen-bond donors (Lipinski definition) is 1. The lowest BCUT2D eigenvalue weighted by Gasteiger charge is -2.13. The van der Waals surface area contributed by atoms with Crippen molar-refractivity contribution in [1.82, 2.24) is 19.4 Å². The minimum Gasteiger partial charge on any atom is -0.494 e. The Bertz CT molecular complexity index is 1650. The van der Waals surface area contributed by atoms with E-state index >= 15 is 0 Å². The lowest BCUT2D eigenvalue weighted by Crippen LogP contribution is -2.29. The summed E-state index contributed by atoms with van der Waals surface area (Å²) in [6, 6.07) is 16.9. The van der Waals surface area contributed by atoms with Gasteiger partial charge in [0.05, 0.1) is 17.7 Å². The molecule has 182 valence electrons. The molecular weight excluding hydrogens is 474 g/mol. The van der Waals surface area contributed by atoms with Gasteiger partial charge in [-0.1, -0.05) is 18.2 Å². The van der Waals surface area contributed by atoms with Gasteiger partial charge in [-0.25, -0.2) is 9.67 Å². The number of aryl methyl sites for hydroxylation is 2. The molecule has 0 saturated heterocycles. The number of fused-ring (bicyclic) bond motifs is 1. The van der Waals surface area contributed by atoms with E-state index in [1.807, 2.05) is 56.5 Å². The summed E-state index contributed by atoms with van der Waals surface area (Å²) in [6.07, 6.45) is 0. The molecule has 9 heteroatoms. The standard InChI is InChI=1S/C27H25N5O3S/c1-5-35-19-12-10-18(11-13-19)26-28-23(15-36-26)22-14-16(2)32(17(22)3)30-25(33)24-20-8-6-7-9-21(20)27(34)31(4)29-24/h6-15H,5H2,1-4H3,(H,30,33). The van der Waals surface area contributed by atoms with Crippen LogP contribution in [0.4, 0.5) is 0 Å². The minimum absolute atomic E-state index is 0.188. The molecule has 36 heavy (non-hydrogen) atoms. The van der Waals surface area contributed by atoms with E-state index in [0.29, 0.717) is 17.4 Å². The number of aromatic nitrogens is 4. The zero-order chi connectivity index (χ0) is 25.4. The molecule has 3 aromatic heterocycles. The van der Waals surface area contributed by atoms with Crippen LogP contribution >= 0.6 is 11.3 Å². The molecule has 0 aliphatic heterocycles. The minimum atomic E-state index is -0.400. The Morgan fingerprint density at radius 3 is 2.53 bits per heavy atom. The van der Waals surface area contributed by atoms with Gasteiger partial charge in [0.2, 0.25) is 0 Å². The first kappa shape index (κ1) is 23.5. The van der Waals surface area contributed by atoms with Gasteiger partial charge in [-0.15, -0.1) is 11.3 Å². The Labute approximate surface area is 211 Å². The molecule has 5 aromatic rings. The predicted molar refractivity (Wildman–Crippen MR) is 142 cm³/mol. The molecule has 5 rings (SSSR count). The maximum absolute atomic E-state index is 13.3. The summed E-state index contributed by atoms with van der Waals surface area (Å²) in [6.45, 7) is 6.44. The van der Waals surface area contributed by atoms with Crippen LogP contribution in [0.1, 0.15) is 28.8 Å². The number of thiazole rings is 1. The number of nitrogens with one attached hydrogen (secondary N) is 1. The normalized spacial score (nSPS) is 11.1. The largest absolute Gasteiger partial charge is 0.494 e. The van der Waals surface area contributed by atoms with E-state index < -0.39 is 5.91 Å². The summed E-state index contributed by atoms with van der Waals surface area (Å²) in [7, 11) is 1.54. The molecule has 0 fully saturated rings.